The largest absolute Gasteiger partial charge is 0.376 e. The van der Waals surface area contributed by atoms with Gasteiger partial charge in [0.25, 0.3) is 5.12 Å². The first-order chi connectivity index (χ1) is 10.3. The van der Waals surface area contributed by atoms with Crippen molar-refractivity contribution in [3.63, 3.8) is 0 Å². The molecule has 0 aromatic heterocycles. The number of aliphatic hydroxyl groups is 3. The Balaban J connectivity index is 3.89. The van der Waals surface area contributed by atoms with Crippen LogP contribution in [0.2, 0.25) is 0 Å². The molecule has 8 nitrogen and oxygen atoms in total. The van der Waals surface area contributed by atoms with Gasteiger partial charge in [0.15, 0.2) is 23.0 Å². The van der Waals surface area contributed by atoms with Crippen LogP contribution in [0.5, 0.6) is 0 Å². The van der Waals surface area contributed by atoms with E-state index in [1.54, 1.807) is 0 Å². The van der Waals surface area contributed by atoms with Gasteiger partial charge in [0.2, 0.25) is 11.2 Å². The Morgan fingerprint density at radius 1 is 1.04 bits per heavy atom. The summed E-state index contributed by atoms with van der Waals surface area (Å²) in [5, 5.41) is 30.2. The van der Waals surface area contributed by atoms with Crippen LogP contribution in [-0.2, 0) is 23.9 Å². The van der Waals surface area contributed by atoms with Crippen molar-refractivity contribution in [2.24, 2.45) is 0 Å². The summed E-state index contributed by atoms with van der Waals surface area (Å²) in [7, 11) is 0. The van der Waals surface area contributed by atoms with E-state index >= 15 is 0 Å². The summed E-state index contributed by atoms with van der Waals surface area (Å²) in [4.78, 5) is 36.3. The minimum atomic E-state index is -3.22. The lowest BCUT2D eigenvalue weighted by molar-refractivity contribution is -0.376. The molecular weight excluding hydrogens is 328 g/mol. The molecule has 0 aromatic rings. The van der Waals surface area contributed by atoms with Gasteiger partial charge in [-0.15, -0.1) is 12.6 Å². The van der Waals surface area contributed by atoms with Gasteiger partial charge in [0, 0.05) is 6.61 Å². The second kappa shape index (κ2) is 5.91. The summed E-state index contributed by atoms with van der Waals surface area (Å²) < 4.78 is 10.5. The van der Waals surface area contributed by atoms with Gasteiger partial charge < -0.3 is 24.8 Å². The van der Waals surface area contributed by atoms with Crippen LogP contribution < -0.4 is 0 Å². The van der Waals surface area contributed by atoms with Crippen LogP contribution in [0.1, 0.15) is 34.6 Å². The molecule has 1 fully saturated rings. The molecular formula is C14H22O8S. The number of ether oxygens (including phenoxy) is 2. The maximum atomic E-state index is 12.2. The number of Topliss-reactive ketones (excluding diaryl/α,β-unsaturated/α-hetero) is 3. The van der Waals surface area contributed by atoms with Crippen LogP contribution in [-0.4, -0.2) is 67.3 Å². The van der Waals surface area contributed by atoms with Crippen molar-refractivity contribution in [3.8, 4) is 0 Å². The zero-order valence-electron chi connectivity index (χ0n) is 13.6. The number of hydrogen-bond donors (Lipinski definition) is 4. The van der Waals surface area contributed by atoms with E-state index in [-0.39, 0.29) is 6.61 Å². The van der Waals surface area contributed by atoms with Gasteiger partial charge >= 0.3 is 0 Å². The highest BCUT2D eigenvalue weighted by Crippen LogP contribution is 2.53. The summed E-state index contributed by atoms with van der Waals surface area (Å²) in [6.45, 7) is 5.20. The van der Waals surface area contributed by atoms with E-state index < -0.39 is 45.4 Å². The van der Waals surface area contributed by atoms with Gasteiger partial charge in [-0.25, -0.2) is 0 Å². The first kappa shape index (κ1) is 20.2. The van der Waals surface area contributed by atoms with Gasteiger partial charge in [0.05, 0.1) is 6.10 Å². The number of thiol groups is 1. The zero-order chi connectivity index (χ0) is 18.4. The zero-order valence-corrected chi connectivity index (χ0v) is 14.5. The summed E-state index contributed by atoms with van der Waals surface area (Å²) in [5.41, 5.74) is -9.22. The third-order valence-corrected chi connectivity index (χ3v) is 4.91. The quantitative estimate of drug-likeness (QED) is 0.366. The molecule has 0 spiro atoms. The van der Waals surface area contributed by atoms with Gasteiger partial charge in [0.1, 0.15) is 0 Å². The molecule has 3 N–H and O–H groups in total. The van der Waals surface area contributed by atoms with Crippen LogP contribution in [0, 0.1) is 0 Å². The average molecular weight is 350 g/mol. The fourth-order valence-electron chi connectivity index (χ4n) is 3.08. The minimum absolute atomic E-state index is 0.0989. The maximum Gasteiger partial charge on any atom is 0.256 e. The Hall–Kier alpha value is -0.840. The molecule has 0 radical (unpaired) electrons. The fourth-order valence-corrected chi connectivity index (χ4v) is 3.69. The lowest BCUT2D eigenvalue weighted by Crippen LogP contribution is -2.88. The molecule has 0 aliphatic carbocycles. The van der Waals surface area contributed by atoms with Gasteiger partial charge in [-0.1, -0.05) is 0 Å². The molecule has 0 saturated carbocycles. The Kier molecular flexibility index (Phi) is 5.19. The Morgan fingerprint density at radius 3 is 1.78 bits per heavy atom. The topological polar surface area (TPSA) is 130 Å². The molecule has 132 valence electrons. The monoisotopic (exact) mass is 350 g/mol. The van der Waals surface area contributed by atoms with Crippen molar-refractivity contribution >= 4 is 30.0 Å². The van der Waals surface area contributed by atoms with Crippen LogP contribution in [0.25, 0.3) is 0 Å². The van der Waals surface area contributed by atoms with E-state index in [0.717, 1.165) is 20.8 Å². The molecule has 1 heterocycles. The fraction of sp³-hybridized carbons (Fsp3) is 0.786. The highest BCUT2D eigenvalue weighted by molar-refractivity contribution is 7.81. The van der Waals surface area contributed by atoms with Crippen molar-refractivity contribution in [2.75, 3.05) is 6.61 Å². The second-order valence-electron chi connectivity index (χ2n) is 5.63. The van der Waals surface area contributed by atoms with Crippen LogP contribution in [0.3, 0.4) is 0 Å². The molecule has 0 amide bonds. The Labute approximate surface area is 139 Å². The van der Waals surface area contributed by atoms with E-state index in [2.05, 4.69) is 12.6 Å². The van der Waals surface area contributed by atoms with Crippen molar-refractivity contribution in [2.45, 2.75) is 62.6 Å². The molecule has 9 heteroatoms. The lowest BCUT2D eigenvalue weighted by Gasteiger charge is -2.60. The third kappa shape index (κ3) is 2.22. The molecule has 0 bridgehead atoms. The SMILES string of the molecule is CCO[C@@]1(S)O[C@@H](C)[C@](O)(C(C)=O)[C@](O)(C(C)=O)[C@@]1(O)C(C)=O. The third-order valence-electron chi connectivity index (χ3n) is 4.35. The summed E-state index contributed by atoms with van der Waals surface area (Å²) >= 11 is 4.01. The predicted molar refractivity (Wildman–Crippen MR) is 80.8 cm³/mol. The molecule has 1 rings (SSSR count). The first-order valence-corrected chi connectivity index (χ1v) is 7.46. The van der Waals surface area contributed by atoms with Gasteiger partial charge in [-0.3, -0.25) is 14.4 Å². The van der Waals surface area contributed by atoms with Crippen LogP contribution in [0.15, 0.2) is 0 Å². The van der Waals surface area contributed by atoms with Crippen molar-refractivity contribution in [3.05, 3.63) is 0 Å². The average Bonchev–Trinajstić information content (AvgIpc) is 2.42. The smallest absolute Gasteiger partial charge is 0.256 e. The van der Waals surface area contributed by atoms with Crippen LogP contribution >= 0.6 is 12.6 Å². The summed E-state index contributed by atoms with van der Waals surface area (Å²) in [5.74, 6) is -3.43. The highest BCUT2D eigenvalue weighted by Gasteiger charge is 2.82. The second-order valence-corrected chi connectivity index (χ2v) is 6.22. The first-order valence-electron chi connectivity index (χ1n) is 7.01. The number of carbonyl (C=O) groups excluding carboxylic acids is 3. The molecule has 1 aliphatic rings. The molecule has 23 heavy (non-hydrogen) atoms. The number of hydrogen-bond acceptors (Lipinski definition) is 9. The Morgan fingerprint density at radius 2 is 1.48 bits per heavy atom. The van der Waals surface area contributed by atoms with E-state index in [1.165, 1.54) is 13.8 Å². The van der Waals surface area contributed by atoms with E-state index in [1.807, 2.05) is 0 Å². The molecule has 1 aliphatic heterocycles. The summed E-state index contributed by atoms with van der Waals surface area (Å²) in [6, 6.07) is 0. The van der Waals surface area contributed by atoms with E-state index in [4.69, 9.17) is 9.47 Å². The normalized spacial score (nSPS) is 44.0. The highest BCUT2D eigenvalue weighted by atomic mass is 32.1. The van der Waals surface area contributed by atoms with Gasteiger partial charge in [-0.2, -0.15) is 0 Å². The standard InChI is InChI=1S/C14H22O8S/c1-6-21-14(23)13(20,9(4)17)12(19,8(3)16)11(18,7(2)15)10(5)22-14/h10,18-20,23H,6H2,1-5H3/t10-,11+,12+,13-,14+/m0/s1. The maximum absolute atomic E-state index is 12.2. The van der Waals surface area contributed by atoms with E-state index in [9.17, 15) is 29.7 Å². The molecule has 0 unspecified atom stereocenters. The Bertz CT molecular complexity index is 551. The summed E-state index contributed by atoms with van der Waals surface area (Å²) in [6.07, 6.45) is -1.50. The van der Waals surface area contributed by atoms with Gasteiger partial charge in [-0.05, 0) is 34.6 Å². The van der Waals surface area contributed by atoms with Crippen LogP contribution in [0.4, 0.5) is 0 Å². The minimum Gasteiger partial charge on any atom is -0.376 e. The van der Waals surface area contributed by atoms with Crippen molar-refractivity contribution in [1.29, 1.82) is 0 Å². The molecule has 0 aromatic carbocycles. The van der Waals surface area contributed by atoms with Crippen molar-refractivity contribution in [1.82, 2.24) is 0 Å². The lowest BCUT2D eigenvalue weighted by atomic mass is 9.61. The molecule has 1 saturated heterocycles. The predicted octanol–water partition coefficient (Wildman–Crippen LogP) is -1.01. The number of carbonyl (C=O) groups is 3. The number of ketones is 3. The van der Waals surface area contributed by atoms with E-state index in [0.29, 0.717) is 0 Å². The number of rotatable bonds is 5. The van der Waals surface area contributed by atoms with Crippen molar-refractivity contribution < 1.29 is 39.2 Å². The molecule has 5 atom stereocenters.